The van der Waals surface area contributed by atoms with Crippen molar-refractivity contribution in [3.05, 3.63) is 50.2 Å². The Labute approximate surface area is 238 Å². The monoisotopic (exact) mass is 561 g/mol. The summed E-state index contributed by atoms with van der Waals surface area (Å²) in [5, 5.41) is 12.6. The van der Waals surface area contributed by atoms with E-state index in [0.717, 1.165) is 17.4 Å². The lowest BCUT2D eigenvalue weighted by atomic mass is 10.1. The van der Waals surface area contributed by atoms with Gasteiger partial charge in [0.25, 0.3) is 5.56 Å². The molecule has 1 N–H and O–H groups in total. The van der Waals surface area contributed by atoms with Crippen molar-refractivity contribution < 1.29 is 14.3 Å². The first-order chi connectivity index (χ1) is 19.5. The van der Waals surface area contributed by atoms with Crippen LogP contribution in [0.1, 0.15) is 51.7 Å². The maximum atomic E-state index is 13.9. The topological polar surface area (TPSA) is 136 Å². The fourth-order valence-electron chi connectivity index (χ4n) is 4.89. The molecule has 12 nitrogen and oxygen atoms in total. The van der Waals surface area contributed by atoms with Crippen LogP contribution < -0.4 is 26.2 Å². The quantitative estimate of drug-likeness (QED) is 0.453. The van der Waals surface area contributed by atoms with E-state index in [1.165, 1.54) is 11.7 Å². The van der Waals surface area contributed by atoms with E-state index in [1.807, 2.05) is 25.7 Å². The fourth-order valence-corrected chi connectivity index (χ4v) is 4.89. The Morgan fingerprint density at radius 3 is 2.66 bits per heavy atom. The summed E-state index contributed by atoms with van der Waals surface area (Å²) in [7, 11) is 3.07. The Hall–Kier alpha value is -4.71. The zero-order valence-electron chi connectivity index (χ0n) is 24.3. The summed E-state index contributed by atoms with van der Waals surface area (Å²) in [6.45, 7) is 8.32. The number of aryl methyl sites for hydroxylation is 1. The van der Waals surface area contributed by atoms with E-state index in [4.69, 9.17) is 14.5 Å². The molecular weight excluding hydrogens is 526 g/mol. The predicted molar refractivity (Wildman–Crippen MR) is 154 cm³/mol. The van der Waals surface area contributed by atoms with Crippen molar-refractivity contribution in [3.63, 3.8) is 0 Å². The summed E-state index contributed by atoms with van der Waals surface area (Å²) >= 11 is 0. The molecule has 1 aliphatic heterocycles. The molecule has 216 valence electrons. The molecule has 0 bridgehead atoms. The van der Waals surface area contributed by atoms with Gasteiger partial charge in [-0.05, 0) is 58.2 Å². The third kappa shape index (κ3) is 6.22. The van der Waals surface area contributed by atoms with Crippen molar-refractivity contribution in [2.45, 2.75) is 65.3 Å². The number of piperidine rings is 1. The largest absolute Gasteiger partial charge is 0.497 e. The zero-order chi connectivity index (χ0) is 29.9. The van der Waals surface area contributed by atoms with Crippen LogP contribution >= 0.6 is 0 Å². The van der Waals surface area contributed by atoms with Gasteiger partial charge in [-0.15, -0.1) is 5.92 Å². The van der Waals surface area contributed by atoms with Crippen LogP contribution in [-0.4, -0.2) is 56.6 Å². The van der Waals surface area contributed by atoms with Crippen LogP contribution in [0.5, 0.6) is 5.75 Å². The molecule has 0 spiro atoms. The number of nitriles is 1. The zero-order valence-corrected chi connectivity index (χ0v) is 24.3. The number of imidazole rings is 1. The fraction of sp³-hybridized carbons (Fsp3) is 0.483. The summed E-state index contributed by atoms with van der Waals surface area (Å²) in [6.07, 6.45) is 1.05. The highest BCUT2D eigenvalue weighted by atomic mass is 16.6. The van der Waals surface area contributed by atoms with E-state index in [0.29, 0.717) is 35.9 Å². The Bertz CT molecular complexity index is 1690. The highest BCUT2D eigenvalue weighted by Crippen LogP contribution is 2.24. The van der Waals surface area contributed by atoms with Gasteiger partial charge < -0.3 is 19.7 Å². The molecule has 3 aromatic rings. The van der Waals surface area contributed by atoms with Gasteiger partial charge in [-0.25, -0.2) is 9.59 Å². The number of nitrogens with zero attached hydrogens (tertiary/aromatic N) is 6. The smallest absolute Gasteiger partial charge is 0.407 e. The molecule has 41 heavy (non-hydrogen) atoms. The first kappa shape index (κ1) is 29.3. The Morgan fingerprint density at radius 2 is 2.00 bits per heavy atom. The summed E-state index contributed by atoms with van der Waals surface area (Å²) in [6, 6.07) is 6.84. The van der Waals surface area contributed by atoms with Crippen LogP contribution in [0.2, 0.25) is 0 Å². The number of anilines is 1. The molecule has 12 heteroatoms. The molecule has 0 radical (unpaired) electrons. The third-order valence-electron chi connectivity index (χ3n) is 6.82. The summed E-state index contributed by atoms with van der Waals surface area (Å²) in [5.74, 6) is 6.88. The first-order valence-corrected chi connectivity index (χ1v) is 13.4. The lowest BCUT2D eigenvalue weighted by molar-refractivity contribution is 0.0499. The number of methoxy groups -OCH3 is 1. The van der Waals surface area contributed by atoms with Crippen LogP contribution in [0.3, 0.4) is 0 Å². The van der Waals surface area contributed by atoms with E-state index >= 15 is 0 Å². The van der Waals surface area contributed by atoms with Crippen molar-refractivity contribution in [2.75, 3.05) is 25.1 Å². The average Bonchev–Trinajstić information content (AvgIpc) is 3.31. The Morgan fingerprint density at radius 1 is 1.24 bits per heavy atom. The number of carbonyl (C=O) groups is 1. The Balaban J connectivity index is 1.77. The number of alkyl carbamates (subject to hydrolysis) is 1. The normalized spacial score (nSPS) is 15.1. The number of amides is 1. The van der Waals surface area contributed by atoms with Crippen LogP contribution in [-0.2, 0) is 24.9 Å². The first-order valence-electron chi connectivity index (χ1n) is 13.4. The molecule has 0 unspecified atom stereocenters. The van der Waals surface area contributed by atoms with Gasteiger partial charge in [-0.1, -0.05) is 12.0 Å². The van der Waals surface area contributed by atoms with E-state index in [1.54, 1.807) is 36.7 Å². The van der Waals surface area contributed by atoms with Crippen LogP contribution in [0.15, 0.2) is 27.8 Å². The van der Waals surface area contributed by atoms with Crippen molar-refractivity contribution in [3.8, 4) is 23.7 Å². The number of aromatic nitrogens is 4. The van der Waals surface area contributed by atoms with Gasteiger partial charge in [-0.2, -0.15) is 10.2 Å². The summed E-state index contributed by atoms with van der Waals surface area (Å²) < 4.78 is 14.8. The average molecular weight is 562 g/mol. The molecule has 4 rings (SSSR count). The highest BCUT2D eigenvalue weighted by molar-refractivity contribution is 5.75. The van der Waals surface area contributed by atoms with Gasteiger partial charge in [0.15, 0.2) is 11.2 Å². The maximum absolute atomic E-state index is 13.9. The second-order valence-electron chi connectivity index (χ2n) is 10.9. The van der Waals surface area contributed by atoms with Crippen molar-refractivity contribution in [1.82, 2.24) is 24.0 Å². The number of hydrogen-bond donors (Lipinski definition) is 1. The highest BCUT2D eigenvalue weighted by Gasteiger charge is 2.29. The van der Waals surface area contributed by atoms with Crippen molar-refractivity contribution >= 4 is 23.2 Å². The molecule has 2 aromatic heterocycles. The molecule has 1 aromatic carbocycles. The lowest BCUT2D eigenvalue weighted by Gasteiger charge is -2.34. The second-order valence-corrected chi connectivity index (χ2v) is 10.9. The molecule has 3 heterocycles. The molecule has 1 amide bonds. The standard InChI is InChI=1S/C29H35N7O5/c1-7-8-14-35-23-24(32-26(35)34-13-9-10-21(18-34)31-27(38)41-29(2,3)4)33(5)28(39)36(25(23)37)17-19-11-12-22(40-6)15-20(19)16-30/h11-12,15,21H,9-10,13-14,17-18H2,1-6H3,(H,31,38)/t21-/m1/s1. The van der Waals surface area contributed by atoms with E-state index in [2.05, 4.69) is 23.2 Å². The summed E-state index contributed by atoms with van der Waals surface area (Å²) in [4.78, 5) is 46.4. The lowest BCUT2D eigenvalue weighted by Crippen LogP contribution is -2.49. The van der Waals surface area contributed by atoms with Crippen LogP contribution in [0.25, 0.3) is 11.2 Å². The molecule has 0 aliphatic carbocycles. The molecule has 1 saturated heterocycles. The van der Waals surface area contributed by atoms with Gasteiger partial charge >= 0.3 is 11.8 Å². The minimum atomic E-state index is -0.615. The van der Waals surface area contributed by atoms with Crippen molar-refractivity contribution in [2.24, 2.45) is 7.05 Å². The second kappa shape index (κ2) is 11.8. The number of hydrogen-bond acceptors (Lipinski definition) is 8. The minimum absolute atomic E-state index is 0.0973. The van der Waals surface area contributed by atoms with Crippen molar-refractivity contribution in [1.29, 1.82) is 5.26 Å². The molecule has 0 saturated carbocycles. The minimum Gasteiger partial charge on any atom is -0.497 e. The van der Waals surface area contributed by atoms with Crippen LogP contribution in [0, 0.1) is 23.2 Å². The van der Waals surface area contributed by atoms with Gasteiger partial charge in [0.05, 0.1) is 31.8 Å². The number of fused-ring (bicyclic) bond motifs is 1. The maximum Gasteiger partial charge on any atom is 0.407 e. The number of benzene rings is 1. The predicted octanol–water partition coefficient (Wildman–Crippen LogP) is 2.34. The van der Waals surface area contributed by atoms with E-state index < -0.39 is 22.9 Å². The SMILES string of the molecule is CC#CCn1c(N2CCC[C@@H](NC(=O)OC(C)(C)C)C2)nc2c1c(=O)n(Cc1ccc(OC)cc1C#N)c(=O)n2C. The summed E-state index contributed by atoms with van der Waals surface area (Å²) in [5.41, 5.74) is -0.404. The van der Waals surface area contributed by atoms with Gasteiger partial charge in [0, 0.05) is 26.2 Å². The van der Waals surface area contributed by atoms with Crippen LogP contribution in [0.4, 0.5) is 10.7 Å². The van der Waals surface area contributed by atoms with Gasteiger partial charge in [-0.3, -0.25) is 18.5 Å². The number of ether oxygens (including phenoxy) is 2. The van der Waals surface area contributed by atoms with E-state index in [-0.39, 0.29) is 30.3 Å². The van der Waals surface area contributed by atoms with Gasteiger partial charge in [0.1, 0.15) is 11.4 Å². The number of carbonyl (C=O) groups excluding carboxylic acids is 1. The molecule has 1 fully saturated rings. The number of nitrogens with one attached hydrogen (secondary N) is 1. The van der Waals surface area contributed by atoms with Gasteiger partial charge in [0.2, 0.25) is 5.95 Å². The molecule has 1 aliphatic rings. The van der Waals surface area contributed by atoms with E-state index in [9.17, 15) is 19.6 Å². The Kier molecular flexibility index (Phi) is 8.43. The number of rotatable bonds is 6. The molecular formula is C29H35N7O5. The molecule has 1 atom stereocenters. The third-order valence-corrected chi connectivity index (χ3v) is 6.82.